The number of pyridine rings is 1. The summed E-state index contributed by atoms with van der Waals surface area (Å²) in [5.74, 6) is 5.20. The van der Waals surface area contributed by atoms with E-state index >= 15 is 0 Å². The first-order chi connectivity index (χ1) is 6.30. The summed E-state index contributed by atoms with van der Waals surface area (Å²) in [6.45, 7) is 0. The second-order valence-electron chi connectivity index (χ2n) is 2.65. The fourth-order valence-corrected chi connectivity index (χ4v) is 1.03. The zero-order valence-electron chi connectivity index (χ0n) is 7.14. The Balaban J connectivity index is 3.21. The van der Waals surface area contributed by atoms with E-state index in [1.807, 2.05) is 0 Å². The van der Waals surface area contributed by atoms with Crippen LogP contribution in [0.3, 0.4) is 0 Å². The lowest BCUT2D eigenvalue weighted by atomic mass is 10.2. The lowest BCUT2D eigenvalue weighted by Gasteiger charge is -2.13. The van der Waals surface area contributed by atoms with Gasteiger partial charge in [0.1, 0.15) is 11.0 Å². The van der Waals surface area contributed by atoms with Crippen molar-refractivity contribution in [2.24, 2.45) is 5.84 Å². The maximum atomic E-state index is 12.3. The summed E-state index contributed by atoms with van der Waals surface area (Å²) in [7, 11) is 1.37. The third-order valence-corrected chi connectivity index (χ3v) is 1.66. The van der Waals surface area contributed by atoms with Gasteiger partial charge in [-0.1, -0.05) is 11.6 Å². The number of hydrogen-bond donors (Lipinski definition) is 1. The Morgan fingerprint density at radius 3 is 2.43 bits per heavy atom. The Bertz CT molecular complexity index is 337. The fraction of sp³-hybridized carbons (Fsp3) is 0.286. The molecule has 0 aliphatic rings. The first kappa shape index (κ1) is 11.1. The van der Waals surface area contributed by atoms with Gasteiger partial charge in [0.15, 0.2) is 0 Å². The minimum absolute atomic E-state index is 0.0372. The van der Waals surface area contributed by atoms with Gasteiger partial charge in [0.2, 0.25) is 0 Å². The van der Waals surface area contributed by atoms with Crippen molar-refractivity contribution in [3.8, 4) is 0 Å². The lowest BCUT2D eigenvalue weighted by Crippen LogP contribution is -2.26. The van der Waals surface area contributed by atoms with E-state index in [1.54, 1.807) is 0 Å². The Morgan fingerprint density at radius 2 is 2.00 bits per heavy atom. The van der Waals surface area contributed by atoms with Gasteiger partial charge in [-0.3, -0.25) is 5.01 Å². The van der Waals surface area contributed by atoms with E-state index in [-0.39, 0.29) is 11.0 Å². The molecule has 0 fully saturated rings. The lowest BCUT2D eigenvalue weighted by molar-refractivity contribution is -0.137. The average molecular weight is 226 g/mol. The molecular formula is C7H7ClF3N3. The van der Waals surface area contributed by atoms with Crippen molar-refractivity contribution in [1.29, 1.82) is 0 Å². The minimum Gasteiger partial charge on any atom is -0.298 e. The number of nitrogens with two attached hydrogens (primary N) is 1. The molecule has 0 saturated carbocycles. The number of nitrogens with zero attached hydrogens (tertiary/aromatic N) is 2. The largest absolute Gasteiger partial charge is 0.416 e. The van der Waals surface area contributed by atoms with E-state index in [1.165, 1.54) is 7.05 Å². The monoisotopic (exact) mass is 225 g/mol. The van der Waals surface area contributed by atoms with Crippen molar-refractivity contribution >= 4 is 17.4 Å². The van der Waals surface area contributed by atoms with Crippen molar-refractivity contribution in [2.45, 2.75) is 6.18 Å². The first-order valence-corrected chi connectivity index (χ1v) is 3.91. The molecule has 1 rings (SSSR count). The Morgan fingerprint density at radius 1 is 1.43 bits per heavy atom. The summed E-state index contributed by atoms with van der Waals surface area (Å²) in [4.78, 5) is 3.61. The highest BCUT2D eigenvalue weighted by atomic mass is 35.5. The van der Waals surface area contributed by atoms with Crippen molar-refractivity contribution in [3.63, 3.8) is 0 Å². The van der Waals surface area contributed by atoms with Crippen LogP contribution in [0.5, 0.6) is 0 Å². The molecule has 0 aromatic carbocycles. The molecule has 0 saturated heterocycles. The van der Waals surface area contributed by atoms with Crippen molar-refractivity contribution in [3.05, 3.63) is 22.8 Å². The number of anilines is 1. The van der Waals surface area contributed by atoms with Gasteiger partial charge in [-0.05, 0) is 12.1 Å². The molecule has 78 valence electrons. The Hall–Kier alpha value is -1.01. The van der Waals surface area contributed by atoms with E-state index in [0.717, 1.165) is 17.1 Å². The SMILES string of the molecule is CN(N)c1cc(C(F)(F)F)cc(Cl)n1. The molecule has 0 bridgehead atoms. The number of hydrogen-bond acceptors (Lipinski definition) is 3. The van der Waals surface area contributed by atoms with Gasteiger partial charge in [0.05, 0.1) is 5.56 Å². The minimum atomic E-state index is -4.45. The molecule has 1 aromatic rings. The molecule has 7 heteroatoms. The molecule has 0 amide bonds. The highest BCUT2D eigenvalue weighted by molar-refractivity contribution is 6.29. The van der Waals surface area contributed by atoms with Crippen LogP contribution in [-0.2, 0) is 6.18 Å². The molecule has 14 heavy (non-hydrogen) atoms. The number of alkyl halides is 3. The summed E-state index contributed by atoms with van der Waals surface area (Å²) >= 11 is 5.41. The van der Waals surface area contributed by atoms with Crippen molar-refractivity contribution < 1.29 is 13.2 Å². The molecular weight excluding hydrogens is 219 g/mol. The van der Waals surface area contributed by atoms with Crippen LogP contribution in [0.2, 0.25) is 5.15 Å². The maximum absolute atomic E-state index is 12.3. The van der Waals surface area contributed by atoms with Crippen LogP contribution in [0.15, 0.2) is 12.1 Å². The summed E-state index contributed by atoms with van der Waals surface area (Å²) in [6.07, 6.45) is -4.45. The maximum Gasteiger partial charge on any atom is 0.416 e. The zero-order valence-corrected chi connectivity index (χ0v) is 7.89. The Labute approximate surface area is 83.3 Å². The second-order valence-corrected chi connectivity index (χ2v) is 3.03. The number of aromatic nitrogens is 1. The van der Waals surface area contributed by atoms with Gasteiger partial charge >= 0.3 is 6.18 Å². The highest BCUT2D eigenvalue weighted by Gasteiger charge is 2.31. The van der Waals surface area contributed by atoms with E-state index in [9.17, 15) is 13.2 Å². The summed E-state index contributed by atoms with van der Waals surface area (Å²) in [5.41, 5.74) is -0.871. The predicted octanol–water partition coefficient (Wildman–Crippen LogP) is 2.06. The normalized spacial score (nSPS) is 11.6. The van der Waals surface area contributed by atoms with E-state index in [0.29, 0.717) is 0 Å². The molecule has 3 nitrogen and oxygen atoms in total. The molecule has 0 radical (unpaired) electrons. The number of hydrazine groups is 1. The van der Waals surface area contributed by atoms with E-state index in [4.69, 9.17) is 17.4 Å². The quantitative estimate of drug-likeness (QED) is 0.452. The van der Waals surface area contributed by atoms with Crippen LogP contribution in [0.1, 0.15) is 5.56 Å². The molecule has 1 aromatic heterocycles. The standard InChI is InChI=1S/C7H7ClF3N3/c1-14(12)6-3-4(7(9,10)11)2-5(8)13-6/h2-3H,12H2,1H3. The topological polar surface area (TPSA) is 42.1 Å². The second kappa shape index (κ2) is 3.62. The van der Waals surface area contributed by atoms with Crippen LogP contribution < -0.4 is 10.9 Å². The Kier molecular flexibility index (Phi) is 2.86. The highest BCUT2D eigenvalue weighted by Crippen LogP contribution is 2.32. The first-order valence-electron chi connectivity index (χ1n) is 3.54. The van der Waals surface area contributed by atoms with Gasteiger partial charge in [-0.25, -0.2) is 10.8 Å². The predicted molar refractivity (Wildman–Crippen MR) is 46.8 cm³/mol. The number of halogens is 4. The van der Waals surface area contributed by atoms with Crippen molar-refractivity contribution in [1.82, 2.24) is 4.98 Å². The smallest absolute Gasteiger partial charge is 0.298 e. The van der Waals surface area contributed by atoms with E-state index in [2.05, 4.69) is 4.98 Å². The number of rotatable bonds is 1. The average Bonchev–Trinajstić information content (AvgIpc) is 2.01. The third kappa shape index (κ3) is 2.49. The van der Waals surface area contributed by atoms with Crippen LogP contribution in [-0.4, -0.2) is 12.0 Å². The van der Waals surface area contributed by atoms with Gasteiger partial charge < -0.3 is 0 Å². The summed E-state index contributed by atoms with van der Waals surface area (Å²) in [5, 5.41) is 0.716. The van der Waals surface area contributed by atoms with Crippen molar-refractivity contribution in [2.75, 3.05) is 12.1 Å². The van der Waals surface area contributed by atoms with Gasteiger partial charge in [0.25, 0.3) is 0 Å². The third-order valence-electron chi connectivity index (χ3n) is 1.47. The molecule has 2 N–H and O–H groups in total. The molecule has 0 aliphatic heterocycles. The molecule has 0 atom stereocenters. The van der Waals surface area contributed by atoms with Crippen LogP contribution in [0.25, 0.3) is 0 Å². The zero-order chi connectivity index (χ0) is 10.9. The summed E-state index contributed by atoms with van der Waals surface area (Å²) in [6, 6.07) is 1.57. The van der Waals surface area contributed by atoms with E-state index < -0.39 is 11.7 Å². The molecule has 0 unspecified atom stereocenters. The molecule has 1 heterocycles. The van der Waals surface area contributed by atoms with Crippen LogP contribution >= 0.6 is 11.6 Å². The summed E-state index contributed by atoms with van der Waals surface area (Å²) < 4.78 is 36.8. The molecule has 0 aliphatic carbocycles. The van der Waals surface area contributed by atoms with Crippen LogP contribution in [0, 0.1) is 0 Å². The van der Waals surface area contributed by atoms with Gasteiger partial charge in [-0.15, -0.1) is 0 Å². The van der Waals surface area contributed by atoms with Crippen LogP contribution in [0.4, 0.5) is 19.0 Å². The van der Waals surface area contributed by atoms with Gasteiger partial charge in [-0.2, -0.15) is 13.2 Å². The fourth-order valence-electron chi connectivity index (χ4n) is 0.827. The molecule has 0 spiro atoms. The van der Waals surface area contributed by atoms with Gasteiger partial charge in [0, 0.05) is 7.05 Å².